The molecule has 2 heterocycles. The molecule has 0 atom stereocenters. The molecule has 2 aromatic rings. The summed E-state index contributed by atoms with van der Waals surface area (Å²) in [5.74, 6) is 4.74. The summed E-state index contributed by atoms with van der Waals surface area (Å²) in [4.78, 5) is 13.0. The highest BCUT2D eigenvalue weighted by molar-refractivity contribution is 7.98. The fourth-order valence-corrected chi connectivity index (χ4v) is 4.36. The third-order valence-corrected chi connectivity index (χ3v) is 6.12. The normalized spacial score (nSPS) is 11.0. The first kappa shape index (κ1) is 21.3. The van der Waals surface area contributed by atoms with E-state index >= 15 is 0 Å². The second-order valence-electron chi connectivity index (χ2n) is 5.08. The number of thiazole rings is 1. The van der Waals surface area contributed by atoms with Gasteiger partial charge in [0, 0.05) is 47.3 Å². The lowest BCUT2D eigenvalue weighted by Crippen LogP contribution is -2.36. The first-order chi connectivity index (χ1) is 13.3. The number of thioether (sulfide) groups is 2. The van der Waals surface area contributed by atoms with Crippen LogP contribution in [0, 0.1) is 11.5 Å². The van der Waals surface area contributed by atoms with Crippen LogP contribution in [0.1, 0.15) is 10.7 Å². The average Bonchev–Trinajstić information content (AvgIpc) is 3.21. The van der Waals surface area contributed by atoms with Crippen LogP contribution in [0.2, 0.25) is 0 Å². The minimum absolute atomic E-state index is 0.517. The van der Waals surface area contributed by atoms with E-state index in [1.54, 1.807) is 48.2 Å². The topological polar surface area (TPSA) is 95.2 Å². The Kier molecular flexibility index (Phi) is 10.5. The molecule has 0 spiro atoms. The van der Waals surface area contributed by atoms with Gasteiger partial charge in [-0.05, 0) is 12.1 Å². The van der Waals surface area contributed by atoms with Crippen LogP contribution in [-0.4, -0.2) is 47.6 Å². The summed E-state index contributed by atoms with van der Waals surface area (Å²) in [6.07, 6.45) is 5.51. The Morgan fingerprint density at radius 3 is 2.96 bits per heavy atom. The molecule has 2 N–H and O–H groups in total. The summed E-state index contributed by atoms with van der Waals surface area (Å²) in [6, 6.07) is 3.77. The Labute approximate surface area is 172 Å². The van der Waals surface area contributed by atoms with Crippen molar-refractivity contribution in [2.45, 2.75) is 11.5 Å². The van der Waals surface area contributed by atoms with Crippen LogP contribution in [0.4, 0.5) is 0 Å². The van der Waals surface area contributed by atoms with Crippen molar-refractivity contribution in [3.05, 3.63) is 40.6 Å². The van der Waals surface area contributed by atoms with Crippen molar-refractivity contribution in [3.63, 3.8) is 0 Å². The molecule has 0 aromatic carbocycles. The van der Waals surface area contributed by atoms with Gasteiger partial charge >= 0.3 is 0 Å². The van der Waals surface area contributed by atoms with Crippen molar-refractivity contribution < 1.29 is 4.74 Å². The molecule has 27 heavy (non-hydrogen) atoms. The third kappa shape index (κ3) is 8.51. The fourth-order valence-electron chi connectivity index (χ4n) is 2.03. The van der Waals surface area contributed by atoms with Crippen LogP contribution < -0.4 is 15.4 Å². The zero-order chi connectivity index (χ0) is 19.2. The van der Waals surface area contributed by atoms with Crippen LogP contribution >= 0.6 is 34.9 Å². The molecular weight excluding hydrogens is 400 g/mol. The lowest BCUT2D eigenvalue weighted by molar-refractivity contribution is 0.409. The summed E-state index contributed by atoms with van der Waals surface area (Å²) in [7, 11) is 1.65. The largest absolute Gasteiger partial charge is 0.495 e. The molecule has 0 amide bonds. The summed E-state index contributed by atoms with van der Waals surface area (Å²) in [6.45, 7) is 1.35. The Morgan fingerprint density at radius 2 is 2.19 bits per heavy atom. The minimum Gasteiger partial charge on any atom is -0.495 e. The second-order valence-corrected chi connectivity index (χ2v) is 8.27. The summed E-state index contributed by atoms with van der Waals surface area (Å²) < 4.78 is 5.30. The lowest BCUT2D eigenvalue weighted by Gasteiger charge is -2.09. The number of ether oxygens (including phenoxy) is 1. The first-order valence-corrected chi connectivity index (χ1v) is 11.5. The van der Waals surface area contributed by atoms with E-state index in [2.05, 4.69) is 25.6 Å². The molecule has 0 saturated heterocycles. The van der Waals surface area contributed by atoms with Gasteiger partial charge in [0.25, 0.3) is 0 Å². The maximum Gasteiger partial charge on any atom is 0.204 e. The molecule has 10 heteroatoms. The maximum absolute atomic E-state index is 8.85. The van der Waals surface area contributed by atoms with Gasteiger partial charge in [0.15, 0.2) is 6.19 Å². The van der Waals surface area contributed by atoms with Gasteiger partial charge in [0.2, 0.25) is 5.96 Å². The number of nitrogens with one attached hydrogen (secondary N) is 2. The monoisotopic (exact) mass is 422 g/mol. The van der Waals surface area contributed by atoms with Crippen LogP contribution in [0.25, 0.3) is 0 Å². The first-order valence-electron chi connectivity index (χ1n) is 8.28. The Morgan fingerprint density at radius 1 is 1.30 bits per heavy atom. The zero-order valence-corrected chi connectivity index (χ0v) is 17.5. The number of rotatable bonds is 11. The smallest absolute Gasteiger partial charge is 0.204 e. The highest BCUT2D eigenvalue weighted by Gasteiger charge is 2.03. The van der Waals surface area contributed by atoms with E-state index in [4.69, 9.17) is 10.00 Å². The summed E-state index contributed by atoms with van der Waals surface area (Å²) >= 11 is 5.19. The number of hydrogen-bond donors (Lipinski definition) is 2. The molecule has 0 aliphatic carbocycles. The van der Waals surface area contributed by atoms with Crippen molar-refractivity contribution >= 4 is 40.8 Å². The van der Waals surface area contributed by atoms with Crippen LogP contribution in [0.15, 0.2) is 34.9 Å². The summed E-state index contributed by atoms with van der Waals surface area (Å²) in [5.41, 5.74) is 0.936. The Hall–Kier alpha value is -1.96. The number of pyridine rings is 1. The number of aliphatic imine (C=N–C) groups is 1. The molecule has 144 valence electrons. The van der Waals surface area contributed by atoms with Gasteiger partial charge in [-0.3, -0.25) is 15.3 Å². The van der Waals surface area contributed by atoms with Gasteiger partial charge in [-0.2, -0.15) is 28.8 Å². The minimum atomic E-state index is 0.517. The third-order valence-electron chi connectivity index (χ3n) is 3.23. The molecule has 2 aromatic heterocycles. The standard InChI is InChI=1S/C17H22N6OS3/c1-24-15-3-2-4-19-14(15)11-25-8-5-21-17(23-13-18)22-6-9-26-12-16-20-7-10-27-16/h2-4,7,10H,5-6,8-9,11-12H2,1H3,(H2,21,22,23). The van der Waals surface area contributed by atoms with Gasteiger partial charge < -0.3 is 10.1 Å². The maximum atomic E-state index is 8.85. The predicted octanol–water partition coefficient (Wildman–Crippen LogP) is 2.73. The molecule has 7 nitrogen and oxygen atoms in total. The van der Waals surface area contributed by atoms with Gasteiger partial charge in [-0.1, -0.05) is 0 Å². The number of guanidine groups is 1. The van der Waals surface area contributed by atoms with E-state index in [1.807, 2.05) is 29.9 Å². The van der Waals surface area contributed by atoms with E-state index in [9.17, 15) is 0 Å². The molecule has 0 aliphatic heterocycles. The van der Waals surface area contributed by atoms with E-state index in [-0.39, 0.29) is 0 Å². The molecule has 2 rings (SSSR count). The van der Waals surface area contributed by atoms with Crippen LogP contribution in [0.3, 0.4) is 0 Å². The summed E-state index contributed by atoms with van der Waals surface area (Å²) in [5, 5.41) is 17.7. The Balaban J connectivity index is 1.62. The van der Waals surface area contributed by atoms with E-state index in [0.29, 0.717) is 19.0 Å². The highest BCUT2D eigenvalue weighted by Crippen LogP contribution is 2.19. The number of hydrogen-bond acceptors (Lipinski definition) is 8. The van der Waals surface area contributed by atoms with Crippen molar-refractivity contribution in [1.82, 2.24) is 20.6 Å². The number of nitriles is 1. The number of nitrogens with zero attached hydrogens (tertiary/aromatic N) is 4. The lowest BCUT2D eigenvalue weighted by atomic mass is 10.3. The Bertz CT molecular complexity index is 733. The zero-order valence-electron chi connectivity index (χ0n) is 15.1. The van der Waals surface area contributed by atoms with Crippen molar-refractivity contribution in [2.24, 2.45) is 4.99 Å². The predicted molar refractivity (Wildman–Crippen MR) is 114 cm³/mol. The molecule has 0 radical (unpaired) electrons. The number of methoxy groups -OCH3 is 1. The molecular formula is C17H22N6OS3. The van der Waals surface area contributed by atoms with Crippen LogP contribution in [-0.2, 0) is 11.5 Å². The SMILES string of the molecule is COc1cccnc1CSCCN/C(=N/CCSCc1nccs1)NC#N. The molecule has 0 saturated carbocycles. The highest BCUT2D eigenvalue weighted by atomic mass is 32.2. The van der Waals surface area contributed by atoms with Crippen molar-refractivity contribution in [2.75, 3.05) is 31.7 Å². The van der Waals surface area contributed by atoms with Crippen molar-refractivity contribution in [1.29, 1.82) is 5.26 Å². The molecule has 0 bridgehead atoms. The van der Waals surface area contributed by atoms with E-state index in [1.165, 1.54) is 0 Å². The molecule has 0 aliphatic rings. The number of aromatic nitrogens is 2. The van der Waals surface area contributed by atoms with E-state index < -0.39 is 0 Å². The van der Waals surface area contributed by atoms with Crippen LogP contribution in [0.5, 0.6) is 5.75 Å². The fraction of sp³-hybridized carbons (Fsp3) is 0.412. The van der Waals surface area contributed by atoms with Gasteiger partial charge in [0.1, 0.15) is 10.8 Å². The van der Waals surface area contributed by atoms with Gasteiger partial charge in [-0.25, -0.2) is 4.98 Å². The second kappa shape index (κ2) is 13.2. The van der Waals surface area contributed by atoms with Crippen molar-refractivity contribution in [3.8, 4) is 11.9 Å². The van der Waals surface area contributed by atoms with Gasteiger partial charge in [-0.15, -0.1) is 11.3 Å². The molecule has 0 fully saturated rings. The van der Waals surface area contributed by atoms with Gasteiger partial charge in [0.05, 0.1) is 19.3 Å². The average molecular weight is 423 g/mol. The molecule has 0 unspecified atom stereocenters. The van der Waals surface area contributed by atoms with E-state index in [0.717, 1.165) is 39.5 Å². The quantitative estimate of drug-likeness (QED) is 0.188.